The fourth-order valence-electron chi connectivity index (χ4n) is 1.54. The van der Waals surface area contributed by atoms with Crippen LogP contribution < -0.4 is 4.74 Å². The molecule has 0 aliphatic heterocycles. The molecule has 2 aromatic rings. The molecule has 0 fully saturated rings. The molecule has 0 saturated heterocycles. The van der Waals surface area contributed by atoms with Crippen LogP contribution in [-0.2, 0) is 11.9 Å². The van der Waals surface area contributed by atoms with Gasteiger partial charge < -0.3 is 4.74 Å². The Balaban J connectivity index is 2.01. The minimum absolute atomic E-state index is 0.141. The van der Waals surface area contributed by atoms with Crippen molar-refractivity contribution in [2.24, 2.45) is 0 Å². The van der Waals surface area contributed by atoms with Gasteiger partial charge in [-0.1, -0.05) is 28.1 Å². The maximum atomic E-state index is 13.0. The molecule has 0 unspecified atom stereocenters. The first-order chi connectivity index (χ1) is 8.67. The molecule has 0 bridgehead atoms. The summed E-state index contributed by atoms with van der Waals surface area (Å²) in [4.78, 5) is 0. The van der Waals surface area contributed by atoms with Crippen LogP contribution in [0.3, 0.4) is 0 Å². The Hall–Kier alpha value is -1.42. The van der Waals surface area contributed by atoms with E-state index in [0.29, 0.717) is 11.3 Å². The van der Waals surface area contributed by atoms with Crippen LogP contribution in [0.4, 0.5) is 8.78 Å². The van der Waals surface area contributed by atoms with Crippen LogP contribution >= 0.6 is 15.9 Å². The lowest BCUT2D eigenvalue weighted by Gasteiger charge is -2.07. The SMILES string of the molecule is Fc1cc(F)cc(COc2ccc(CBr)cc2)c1. The van der Waals surface area contributed by atoms with Gasteiger partial charge in [-0.2, -0.15) is 0 Å². The molecule has 0 amide bonds. The average Bonchev–Trinajstić information content (AvgIpc) is 2.36. The van der Waals surface area contributed by atoms with Gasteiger partial charge in [0.25, 0.3) is 0 Å². The second-order valence-corrected chi connectivity index (χ2v) is 4.40. The molecule has 2 aromatic carbocycles. The quantitative estimate of drug-likeness (QED) is 0.758. The molecule has 0 aliphatic carbocycles. The number of ether oxygens (including phenoxy) is 1. The van der Waals surface area contributed by atoms with Crippen molar-refractivity contribution in [3.63, 3.8) is 0 Å². The van der Waals surface area contributed by atoms with Gasteiger partial charge in [0.15, 0.2) is 0 Å². The van der Waals surface area contributed by atoms with Crippen molar-refractivity contribution in [2.45, 2.75) is 11.9 Å². The van der Waals surface area contributed by atoms with E-state index in [1.54, 1.807) is 0 Å². The van der Waals surface area contributed by atoms with Crippen molar-refractivity contribution in [3.05, 3.63) is 65.2 Å². The molecule has 0 atom stereocenters. The van der Waals surface area contributed by atoms with Crippen LogP contribution in [0.15, 0.2) is 42.5 Å². The van der Waals surface area contributed by atoms with E-state index in [2.05, 4.69) is 15.9 Å². The van der Waals surface area contributed by atoms with Gasteiger partial charge in [-0.15, -0.1) is 0 Å². The highest BCUT2D eigenvalue weighted by molar-refractivity contribution is 9.08. The largest absolute Gasteiger partial charge is 0.489 e. The second-order valence-electron chi connectivity index (χ2n) is 3.84. The Labute approximate surface area is 113 Å². The third-order valence-corrected chi connectivity index (χ3v) is 3.05. The summed E-state index contributed by atoms with van der Waals surface area (Å²) in [6.07, 6.45) is 0. The first kappa shape index (κ1) is 13.0. The minimum Gasteiger partial charge on any atom is -0.489 e. The summed E-state index contributed by atoms with van der Waals surface area (Å²) in [6, 6.07) is 10.9. The summed E-state index contributed by atoms with van der Waals surface area (Å²) in [7, 11) is 0. The van der Waals surface area contributed by atoms with Crippen molar-refractivity contribution >= 4 is 15.9 Å². The van der Waals surface area contributed by atoms with Gasteiger partial charge in [0.05, 0.1) is 0 Å². The van der Waals surface area contributed by atoms with Crippen LogP contribution in [0, 0.1) is 11.6 Å². The Kier molecular flexibility index (Phi) is 4.31. The summed E-state index contributed by atoms with van der Waals surface area (Å²) in [5, 5.41) is 0.780. The number of benzene rings is 2. The number of halogens is 3. The Morgan fingerprint density at radius 3 is 2.06 bits per heavy atom. The molecular weight excluding hydrogens is 302 g/mol. The molecule has 0 N–H and O–H groups in total. The van der Waals surface area contributed by atoms with E-state index in [9.17, 15) is 8.78 Å². The van der Waals surface area contributed by atoms with E-state index in [1.807, 2.05) is 24.3 Å². The Bertz CT molecular complexity index is 506. The van der Waals surface area contributed by atoms with Gasteiger partial charge in [-0.25, -0.2) is 8.78 Å². The van der Waals surface area contributed by atoms with Gasteiger partial charge in [-0.3, -0.25) is 0 Å². The fraction of sp³-hybridized carbons (Fsp3) is 0.143. The lowest BCUT2D eigenvalue weighted by molar-refractivity contribution is 0.304. The molecule has 0 saturated carbocycles. The zero-order chi connectivity index (χ0) is 13.0. The third-order valence-electron chi connectivity index (χ3n) is 2.41. The van der Waals surface area contributed by atoms with Crippen LogP contribution in [0.2, 0.25) is 0 Å². The first-order valence-corrected chi connectivity index (χ1v) is 6.52. The highest BCUT2D eigenvalue weighted by atomic mass is 79.9. The molecule has 0 aliphatic rings. The maximum absolute atomic E-state index is 13.0. The van der Waals surface area contributed by atoms with Crippen molar-refractivity contribution in [1.82, 2.24) is 0 Å². The van der Waals surface area contributed by atoms with E-state index in [-0.39, 0.29) is 6.61 Å². The average molecular weight is 313 g/mol. The Morgan fingerprint density at radius 1 is 0.889 bits per heavy atom. The monoisotopic (exact) mass is 312 g/mol. The van der Waals surface area contributed by atoms with E-state index in [0.717, 1.165) is 17.0 Å². The van der Waals surface area contributed by atoms with E-state index in [1.165, 1.54) is 12.1 Å². The van der Waals surface area contributed by atoms with Crippen molar-refractivity contribution in [3.8, 4) is 5.75 Å². The van der Waals surface area contributed by atoms with E-state index in [4.69, 9.17) is 4.74 Å². The van der Waals surface area contributed by atoms with Crippen LogP contribution in [-0.4, -0.2) is 0 Å². The Morgan fingerprint density at radius 2 is 1.50 bits per heavy atom. The van der Waals surface area contributed by atoms with Gasteiger partial charge in [-0.05, 0) is 35.4 Å². The number of rotatable bonds is 4. The second kappa shape index (κ2) is 5.96. The molecular formula is C14H11BrF2O. The highest BCUT2D eigenvalue weighted by Crippen LogP contribution is 2.16. The normalized spacial score (nSPS) is 10.4. The summed E-state index contributed by atoms with van der Waals surface area (Å²) in [6.45, 7) is 0.141. The predicted molar refractivity (Wildman–Crippen MR) is 69.8 cm³/mol. The molecule has 18 heavy (non-hydrogen) atoms. The number of hydrogen-bond acceptors (Lipinski definition) is 1. The zero-order valence-corrected chi connectivity index (χ0v) is 11.1. The molecule has 2 rings (SSSR count). The predicted octanol–water partition coefficient (Wildman–Crippen LogP) is 4.44. The fourth-order valence-corrected chi connectivity index (χ4v) is 1.91. The number of alkyl halides is 1. The molecule has 0 heterocycles. The summed E-state index contributed by atoms with van der Waals surface area (Å²) < 4.78 is 31.4. The van der Waals surface area contributed by atoms with Crippen molar-refractivity contribution < 1.29 is 13.5 Å². The van der Waals surface area contributed by atoms with Gasteiger partial charge in [0.1, 0.15) is 24.0 Å². The highest BCUT2D eigenvalue weighted by Gasteiger charge is 2.02. The van der Waals surface area contributed by atoms with E-state index >= 15 is 0 Å². The first-order valence-electron chi connectivity index (χ1n) is 5.40. The summed E-state index contributed by atoms with van der Waals surface area (Å²) in [5.74, 6) is -0.518. The molecule has 0 radical (unpaired) electrons. The summed E-state index contributed by atoms with van der Waals surface area (Å²) in [5.41, 5.74) is 1.61. The standard InChI is InChI=1S/C14H11BrF2O/c15-8-10-1-3-14(4-2-10)18-9-11-5-12(16)7-13(17)6-11/h1-7H,8-9H2. The molecule has 4 heteroatoms. The number of hydrogen-bond donors (Lipinski definition) is 0. The third kappa shape index (κ3) is 3.53. The van der Waals surface area contributed by atoms with Crippen LogP contribution in [0.25, 0.3) is 0 Å². The molecule has 1 nitrogen and oxygen atoms in total. The van der Waals surface area contributed by atoms with Crippen LogP contribution in [0.5, 0.6) is 5.75 Å². The minimum atomic E-state index is -0.594. The molecule has 0 aromatic heterocycles. The van der Waals surface area contributed by atoms with Crippen molar-refractivity contribution in [1.29, 1.82) is 0 Å². The maximum Gasteiger partial charge on any atom is 0.126 e. The lowest BCUT2D eigenvalue weighted by atomic mass is 10.2. The van der Waals surface area contributed by atoms with Crippen LogP contribution in [0.1, 0.15) is 11.1 Å². The molecule has 94 valence electrons. The van der Waals surface area contributed by atoms with Gasteiger partial charge >= 0.3 is 0 Å². The van der Waals surface area contributed by atoms with Gasteiger partial charge in [0.2, 0.25) is 0 Å². The van der Waals surface area contributed by atoms with E-state index < -0.39 is 11.6 Å². The molecule has 0 spiro atoms. The smallest absolute Gasteiger partial charge is 0.126 e. The zero-order valence-electron chi connectivity index (χ0n) is 9.50. The summed E-state index contributed by atoms with van der Waals surface area (Å²) >= 11 is 3.35. The van der Waals surface area contributed by atoms with Crippen molar-refractivity contribution in [2.75, 3.05) is 0 Å². The lowest BCUT2D eigenvalue weighted by Crippen LogP contribution is -1.97. The van der Waals surface area contributed by atoms with Gasteiger partial charge in [0, 0.05) is 11.4 Å². The topological polar surface area (TPSA) is 9.23 Å².